The maximum absolute atomic E-state index is 13.9. The number of hydrogen-bond acceptors (Lipinski definition) is 9. The average Bonchev–Trinajstić information content (AvgIpc) is 3.93. The molecule has 1 heterocycles. The van der Waals surface area contributed by atoms with Gasteiger partial charge in [-0.3, -0.25) is 19.8 Å². The molecule has 1 fully saturated rings. The summed E-state index contributed by atoms with van der Waals surface area (Å²) in [6.45, 7) is 11.3. The minimum Gasteiger partial charge on any atom is -0.496 e. The lowest BCUT2D eigenvalue weighted by Crippen LogP contribution is -2.29. The molecule has 1 aromatic heterocycles. The number of pyridine rings is 1. The Kier molecular flexibility index (Phi) is 12.1. The topological polar surface area (TPSA) is 171 Å². The second-order valence-corrected chi connectivity index (χ2v) is 12.7. The zero-order valence-corrected chi connectivity index (χ0v) is 28.6. The molecule has 0 bridgehead atoms. The van der Waals surface area contributed by atoms with Gasteiger partial charge in [0.1, 0.15) is 30.0 Å². The van der Waals surface area contributed by atoms with E-state index in [1.54, 1.807) is 62.4 Å². The number of Topliss-reactive ketones (excluding diaryl/α,β-unsaturated/α-hetero) is 1. The minimum atomic E-state index is -0.864. The van der Waals surface area contributed by atoms with E-state index < -0.39 is 23.9 Å². The molecule has 0 saturated heterocycles. The number of ether oxygens (including phenoxy) is 3. The van der Waals surface area contributed by atoms with Crippen molar-refractivity contribution in [2.75, 3.05) is 20.3 Å². The van der Waals surface area contributed by atoms with Crippen LogP contribution in [0.15, 0.2) is 55.1 Å². The van der Waals surface area contributed by atoms with Crippen LogP contribution in [0.25, 0.3) is 17.2 Å². The average molecular weight is 669 g/mol. The number of benzene rings is 2. The van der Waals surface area contributed by atoms with Crippen molar-refractivity contribution in [1.29, 1.82) is 5.41 Å². The third kappa shape index (κ3) is 9.40. The van der Waals surface area contributed by atoms with Gasteiger partial charge in [-0.15, -0.1) is 0 Å². The van der Waals surface area contributed by atoms with E-state index in [0.29, 0.717) is 40.5 Å². The molecule has 1 saturated carbocycles. The van der Waals surface area contributed by atoms with Gasteiger partial charge in [0.05, 0.1) is 13.0 Å². The van der Waals surface area contributed by atoms with Crippen LogP contribution < -0.4 is 15.8 Å². The Morgan fingerprint density at radius 3 is 2.33 bits per heavy atom. The van der Waals surface area contributed by atoms with Crippen LogP contribution in [-0.4, -0.2) is 60.8 Å². The highest BCUT2D eigenvalue weighted by molar-refractivity contribution is 6.07. The van der Waals surface area contributed by atoms with Gasteiger partial charge >= 0.3 is 11.9 Å². The van der Waals surface area contributed by atoms with Crippen LogP contribution >= 0.6 is 0 Å². The number of aromatic nitrogens is 1. The number of amides is 1. The summed E-state index contributed by atoms with van der Waals surface area (Å²) in [5, 5.41) is 10.5. The number of nitrogens with zero attached hydrogens (tertiary/aromatic N) is 1. The van der Waals surface area contributed by atoms with Crippen molar-refractivity contribution in [1.82, 2.24) is 10.3 Å². The lowest BCUT2D eigenvalue weighted by Gasteiger charge is -2.19. The highest BCUT2D eigenvalue weighted by atomic mass is 16.6. The molecule has 3 aromatic rings. The van der Waals surface area contributed by atoms with Crippen molar-refractivity contribution in [3.05, 3.63) is 88.8 Å². The third-order valence-electron chi connectivity index (χ3n) is 8.52. The standard InChI is InChI=1S/C38H44N4O7/c1-7-26-17-30(32(43)16-24-10-12-27(13-11-24)35(39)40)29(18-33(26)47-6)28-14-15-31(36(44)41-19-25-8-9-25)42-34(28)38(46)48-20-22(4)49-37(45)23(5)21(2)3/h7,10-15,17-18,21-23,25H,1,8-9,16,19-20H2,2-6H3,(H3,39,40)(H,41,44)/t22?,23-/m0/s1. The highest BCUT2D eigenvalue weighted by Crippen LogP contribution is 2.35. The molecule has 2 aromatic carbocycles. The van der Waals surface area contributed by atoms with Gasteiger partial charge in [0.15, 0.2) is 11.5 Å². The monoisotopic (exact) mass is 668 g/mol. The number of rotatable bonds is 16. The second kappa shape index (κ2) is 16.2. The highest BCUT2D eigenvalue weighted by Gasteiger charge is 2.27. The molecular weight excluding hydrogens is 624 g/mol. The molecule has 1 unspecified atom stereocenters. The van der Waals surface area contributed by atoms with Gasteiger partial charge in [0.2, 0.25) is 0 Å². The van der Waals surface area contributed by atoms with Gasteiger partial charge in [-0.1, -0.05) is 57.7 Å². The summed E-state index contributed by atoms with van der Waals surface area (Å²) < 4.78 is 16.7. The molecule has 1 aliphatic rings. The fourth-order valence-corrected chi connectivity index (χ4v) is 4.95. The van der Waals surface area contributed by atoms with Crippen LogP contribution in [0.5, 0.6) is 5.75 Å². The lowest BCUT2D eigenvalue weighted by molar-refractivity contribution is -0.156. The summed E-state index contributed by atoms with van der Waals surface area (Å²) in [6, 6.07) is 13.1. The minimum absolute atomic E-state index is 0.000638. The predicted octanol–water partition coefficient (Wildman–Crippen LogP) is 5.63. The summed E-state index contributed by atoms with van der Waals surface area (Å²) in [6.07, 6.45) is 2.90. The summed E-state index contributed by atoms with van der Waals surface area (Å²) in [5.41, 5.74) is 8.02. The van der Waals surface area contributed by atoms with E-state index >= 15 is 0 Å². The number of nitrogen functional groups attached to an aromatic ring is 1. The molecule has 11 nitrogen and oxygen atoms in total. The largest absolute Gasteiger partial charge is 0.496 e. The number of amidine groups is 1. The van der Waals surface area contributed by atoms with E-state index in [9.17, 15) is 19.2 Å². The summed E-state index contributed by atoms with van der Waals surface area (Å²) in [7, 11) is 1.48. The van der Waals surface area contributed by atoms with Crippen molar-refractivity contribution < 1.29 is 33.4 Å². The first-order valence-corrected chi connectivity index (χ1v) is 16.3. The number of carbonyl (C=O) groups is 4. The van der Waals surface area contributed by atoms with Crippen LogP contribution in [0.2, 0.25) is 0 Å². The summed E-state index contributed by atoms with van der Waals surface area (Å²) in [4.78, 5) is 57.7. The first-order chi connectivity index (χ1) is 23.3. The molecule has 2 atom stereocenters. The van der Waals surface area contributed by atoms with Crippen LogP contribution in [-0.2, 0) is 20.7 Å². The number of methoxy groups -OCH3 is 1. The van der Waals surface area contributed by atoms with Crippen LogP contribution in [0, 0.1) is 23.2 Å². The third-order valence-corrected chi connectivity index (χ3v) is 8.52. The van der Waals surface area contributed by atoms with Gasteiger partial charge in [-0.05, 0) is 67.0 Å². The molecule has 11 heteroatoms. The number of ketones is 1. The van der Waals surface area contributed by atoms with Gasteiger partial charge < -0.3 is 25.3 Å². The fourth-order valence-electron chi connectivity index (χ4n) is 4.95. The molecule has 258 valence electrons. The number of carbonyl (C=O) groups excluding carboxylic acids is 4. The van der Waals surface area contributed by atoms with E-state index in [1.807, 2.05) is 13.8 Å². The van der Waals surface area contributed by atoms with E-state index in [4.69, 9.17) is 25.4 Å². The van der Waals surface area contributed by atoms with Crippen LogP contribution in [0.4, 0.5) is 0 Å². The summed E-state index contributed by atoms with van der Waals surface area (Å²) >= 11 is 0. The molecule has 1 aliphatic carbocycles. The predicted molar refractivity (Wildman–Crippen MR) is 187 cm³/mol. The van der Waals surface area contributed by atoms with Crippen molar-refractivity contribution in [3.8, 4) is 16.9 Å². The van der Waals surface area contributed by atoms with Gasteiger partial charge in [-0.25, -0.2) is 9.78 Å². The second-order valence-electron chi connectivity index (χ2n) is 12.7. The van der Waals surface area contributed by atoms with Gasteiger partial charge in [0.25, 0.3) is 5.91 Å². The number of hydrogen-bond donors (Lipinski definition) is 3. The molecule has 4 rings (SSSR count). The van der Waals surface area contributed by atoms with E-state index in [2.05, 4.69) is 16.9 Å². The summed E-state index contributed by atoms with van der Waals surface area (Å²) in [5.74, 6) is -1.50. The molecule has 4 N–H and O–H groups in total. The molecule has 0 radical (unpaired) electrons. The van der Waals surface area contributed by atoms with Crippen molar-refractivity contribution in [3.63, 3.8) is 0 Å². The number of esters is 2. The fraction of sp³-hybridized carbons (Fsp3) is 0.368. The molecular formula is C38H44N4O7. The number of nitrogens with one attached hydrogen (secondary N) is 2. The first kappa shape index (κ1) is 36.5. The van der Waals surface area contributed by atoms with Gasteiger partial charge in [0, 0.05) is 35.2 Å². The van der Waals surface area contributed by atoms with Gasteiger partial charge in [-0.2, -0.15) is 0 Å². The number of nitrogens with two attached hydrogens (primary N) is 1. The van der Waals surface area contributed by atoms with Crippen molar-refractivity contribution in [2.45, 2.75) is 53.1 Å². The molecule has 49 heavy (non-hydrogen) atoms. The normalized spacial score (nSPS) is 13.6. The maximum atomic E-state index is 13.9. The Balaban J connectivity index is 1.73. The van der Waals surface area contributed by atoms with E-state index in [0.717, 1.165) is 12.8 Å². The lowest BCUT2D eigenvalue weighted by atomic mass is 9.90. The van der Waals surface area contributed by atoms with E-state index in [-0.39, 0.29) is 59.0 Å². The Hall–Kier alpha value is -5.32. The quantitative estimate of drug-likeness (QED) is 0.0757. The van der Waals surface area contributed by atoms with E-state index in [1.165, 1.54) is 13.2 Å². The zero-order chi connectivity index (χ0) is 35.8. The van der Waals surface area contributed by atoms with Crippen LogP contribution in [0.1, 0.15) is 88.6 Å². The van der Waals surface area contributed by atoms with Crippen LogP contribution in [0.3, 0.4) is 0 Å². The molecule has 1 amide bonds. The molecule has 0 spiro atoms. The SMILES string of the molecule is C=Cc1cc(C(=O)Cc2ccc(C(=N)N)cc2)c(-c2ccc(C(=O)NCC3CC3)nc2C(=O)OCC(C)OC(=O)[C@@H](C)C(C)C)cc1OC. The van der Waals surface area contributed by atoms with Crippen molar-refractivity contribution >= 4 is 35.5 Å². The zero-order valence-electron chi connectivity index (χ0n) is 28.6. The smallest absolute Gasteiger partial charge is 0.357 e. The maximum Gasteiger partial charge on any atom is 0.357 e. The van der Waals surface area contributed by atoms with Crippen molar-refractivity contribution in [2.24, 2.45) is 23.5 Å². The Morgan fingerprint density at radius 2 is 1.73 bits per heavy atom. The Morgan fingerprint density at radius 1 is 1.04 bits per heavy atom. The first-order valence-electron chi connectivity index (χ1n) is 16.3. The molecule has 0 aliphatic heterocycles. The Labute approximate surface area is 286 Å². The Bertz CT molecular complexity index is 1750.